The first-order valence-corrected chi connectivity index (χ1v) is 9.77. The fraction of sp³-hybridized carbons (Fsp3) is 0.235. The predicted molar refractivity (Wildman–Crippen MR) is 98.9 cm³/mol. The van der Waals surface area contributed by atoms with Crippen molar-refractivity contribution in [3.05, 3.63) is 58.6 Å². The summed E-state index contributed by atoms with van der Waals surface area (Å²) in [4.78, 5) is 12.2. The normalized spacial score (nSPS) is 11.0. The summed E-state index contributed by atoms with van der Waals surface area (Å²) < 4.78 is 30.5. The number of benzene rings is 2. The van der Waals surface area contributed by atoms with Gasteiger partial charge in [0.1, 0.15) is 12.4 Å². The molecule has 0 aromatic heterocycles. The smallest absolute Gasteiger partial charge is 0.252 e. The van der Waals surface area contributed by atoms with Crippen LogP contribution in [-0.2, 0) is 10.0 Å². The van der Waals surface area contributed by atoms with Gasteiger partial charge in [-0.05, 0) is 36.8 Å². The van der Waals surface area contributed by atoms with E-state index in [-0.39, 0.29) is 22.8 Å². The molecular formula is C17H19ClN2O4S. The summed E-state index contributed by atoms with van der Waals surface area (Å²) in [5.74, 6) is 0.352. The van der Waals surface area contributed by atoms with Gasteiger partial charge in [0.05, 0.1) is 23.4 Å². The number of amides is 1. The van der Waals surface area contributed by atoms with Gasteiger partial charge in [0.2, 0.25) is 10.0 Å². The molecule has 0 unspecified atom stereocenters. The molecule has 1 amide bonds. The Labute approximate surface area is 152 Å². The van der Waals surface area contributed by atoms with Crippen molar-refractivity contribution >= 4 is 33.2 Å². The molecule has 0 spiro atoms. The highest BCUT2D eigenvalue weighted by atomic mass is 35.5. The topological polar surface area (TPSA) is 84.5 Å². The Morgan fingerprint density at radius 1 is 1.20 bits per heavy atom. The number of halogens is 1. The first-order valence-electron chi connectivity index (χ1n) is 7.50. The monoisotopic (exact) mass is 382 g/mol. The average Bonchev–Trinajstić information content (AvgIpc) is 2.53. The van der Waals surface area contributed by atoms with Gasteiger partial charge in [-0.15, -0.1) is 0 Å². The lowest BCUT2D eigenvalue weighted by molar-refractivity contribution is 0.0947. The van der Waals surface area contributed by atoms with Gasteiger partial charge in [-0.3, -0.25) is 9.52 Å². The Morgan fingerprint density at radius 3 is 2.60 bits per heavy atom. The highest BCUT2D eigenvalue weighted by molar-refractivity contribution is 7.92. The molecular weight excluding hydrogens is 364 g/mol. The SMILES string of the molecule is Cc1ccccc1OCCNC(=O)c1cc(NS(C)(=O)=O)ccc1Cl. The zero-order valence-electron chi connectivity index (χ0n) is 13.9. The molecule has 0 heterocycles. The molecule has 0 aliphatic carbocycles. The van der Waals surface area contributed by atoms with Crippen molar-refractivity contribution in [2.45, 2.75) is 6.92 Å². The summed E-state index contributed by atoms with van der Waals surface area (Å²) in [6.45, 7) is 2.52. The van der Waals surface area contributed by atoms with Crippen LogP contribution in [0.3, 0.4) is 0 Å². The third-order valence-corrected chi connectivity index (χ3v) is 4.19. The lowest BCUT2D eigenvalue weighted by Gasteiger charge is -2.11. The number of hydrogen-bond donors (Lipinski definition) is 2. The summed E-state index contributed by atoms with van der Waals surface area (Å²) in [5.41, 5.74) is 1.47. The van der Waals surface area contributed by atoms with E-state index in [1.165, 1.54) is 18.2 Å². The van der Waals surface area contributed by atoms with Crippen LogP contribution in [0.25, 0.3) is 0 Å². The Hall–Kier alpha value is -2.25. The van der Waals surface area contributed by atoms with Crippen molar-refractivity contribution in [2.75, 3.05) is 24.1 Å². The summed E-state index contributed by atoms with van der Waals surface area (Å²) in [6.07, 6.45) is 1.03. The molecule has 0 aliphatic heterocycles. The fourth-order valence-corrected chi connectivity index (χ4v) is 2.87. The maximum absolute atomic E-state index is 12.2. The number of aryl methyl sites for hydroxylation is 1. The molecule has 0 aliphatic rings. The first kappa shape index (κ1) is 19.1. The van der Waals surface area contributed by atoms with E-state index in [9.17, 15) is 13.2 Å². The van der Waals surface area contributed by atoms with E-state index in [0.717, 1.165) is 17.6 Å². The van der Waals surface area contributed by atoms with Gasteiger partial charge in [0.15, 0.2) is 0 Å². The van der Waals surface area contributed by atoms with Crippen LogP contribution in [0.1, 0.15) is 15.9 Å². The van der Waals surface area contributed by atoms with Crippen LogP contribution in [0.4, 0.5) is 5.69 Å². The maximum atomic E-state index is 12.2. The van der Waals surface area contributed by atoms with E-state index in [4.69, 9.17) is 16.3 Å². The van der Waals surface area contributed by atoms with Crippen LogP contribution in [0.15, 0.2) is 42.5 Å². The Kier molecular flexibility index (Phi) is 6.27. The number of sulfonamides is 1. The van der Waals surface area contributed by atoms with Crippen molar-refractivity contribution in [1.29, 1.82) is 0 Å². The predicted octanol–water partition coefficient (Wildman–Crippen LogP) is 2.83. The molecule has 134 valence electrons. The van der Waals surface area contributed by atoms with Crippen LogP contribution >= 0.6 is 11.6 Å². The van der Waals surface area contributed by atoms with Crippen LogP contribution in [0.2, 0.25) is 5.02 Å². The molecule has 0 fully saturated rings. The number of nitrogens with one attached hydrogen (secondary N) is 2. The largest absolute Gasteiger partial charge is 0.491 e. The molecule has 0 atom stereocenters. The molecule has 0 saturated heterocycles. The summed E-state index contributed by atoms with van der Waals surface area (Å²) in [5, 5.41) is 2.93. The highest BCUT2D eigenvalue weighted by Gasteiger charge is 2.12. The van der Waals surface area contributed by atoms with Crippen LogP contribution in [0.5, 0.6) is 5.75 Å². The molecule has 0 bridgehead atoms. The minimum absolute atomic E-state index is 0.186. The van der Waals surface area contributed by atoms with Crippen LogP contribution < -0.4 is 14.8 Å². The second kappa shape index (κ2) is 8.22. The van der Waals surface area contributed by atoms with Crippen molar-refractivity contribution in [1.82, 2.24) is 5.32 Å². The number of hydrogen-bond acceptors (Lipinski definition) is 4. The van der Waals surface area contributed by atoms with Gasteiger partial charge in [-0.1, -0.05) is 29.8 Å². The average molecular weight is 383 g/mol. The second-order valence-corrected chi connectivity index (χ2v) is 7.59. The standard InChI is InChI=1S/C17H19ClN2O4S/c1-12-5-3-4-6-16(12)24-10-9-19-17(21)14-11-13(7-8-15(14)18)20-25(2,22)23/h3-8,11,20H,9-10H2,1-2H3,(H,19,21). The molecule has 0 saturated carbocycles. The zero-order chi connectivity index (χ0) is 18.4. The maximum Gasteiger partial charge on any atom is 0.252 e. The minimum Gasteiger partial charge on any atom is -0.491 e. The summed E-state index contributed by atoms with van der Waals surface area (Å²) >= 11 is 6.02. The molecule has 25 heavy (non-hydrogen) atoms. The highest BCUT2D eigenvalue weighted by Crippen LogP contribution is 2.21. The van der Waals surface area contributed by atoms with Crippen molar-refractivity contribution in [3.8, 4) is 5.75 Å². The number of anilines is 1. The number of para-hydroxylation sites is 1. The molecule has 2 aromatic carbocycles. The minimum atomic E-state index is -3.43. The summed E-state index contributed by atoms with van der Waals surface area (Å²) in [7, 11) is -3.43. The summed E-state index contributed by atoms with van der Waals surface area (Å²) in [6, 6.07) is 11.9. The molecule has 2 rings (SSSR count). The van der Waals surface area contributed by atoms with Gasteiger partial charge in [0.25, 0.3) is 5.91 Å². The van der Waals surface area contributed by atoms with E-state index >= 15 is 0 Å². The van der Waals surface area contributed by atoms with E-state index < -0.39 is 15.9 Å². The van der Waals surface area contributed by atoms with Gasteiger partial charge in [-0.25, -0.2) is 8.42 Å². The van der Waals surface area contributed by atoms with Gasteiger partial charge in [0, 0.05) is 5.69 Å². The lowest BCUT2D eigenvalue weighted by Crippen LogP contribution is -2.28. The van der Waals surface area contributed by atoms with Gasteiger partial charge < -0.3 is 10.1 Å². The Morgan fingerprint density at radius 2 is 1.92 bits per heavy atom. The quantitative estimate of drug-likeness (QED) is 0.721. The number of rotatable bonds is 7. The second-order valence-electron chi connectivity index (χ2n) is 5.44. The number of ether oxygens (including phenoxy) is 1. The first-order chi connectivity index (χ1) is 11.8. The van der Waals surface area contributed by atoms with E-state index in [2.05, 4.69) is 10.0 Å². The van der Waals surface area contributed by atoms with Crippen LogP contribution in [0, 0.1) is 6.92 Å². The number of carbonyl (C=O) groups is 1. The van der Waals surface area contributed by atoms with Gasteiger partial charge >= 0.3 is 0 Å². The fourth-order valence-electron chi connectivity index (χ4n) is 2.12. The molecule has 2 N–H and O–H groups in total. The third kappa shape index (κ3) is 5.95. The van der Waals surface area contributed by atoms with E-state index in [1.54, 1.807) is 0 Å². The van der Waals surface area contributed by atoms with Crippen molar-refractivity contribution in [3.63, 3.8) is 0 Å². The molecule has 6 nitrogen and oxygen atoms in total. The van der Waals surface area contributed by atoms with E-state index in [0.29, 0.717) is 6.61 Å². The zero-order valence-corrected chi connectivity index (χ0v) is 15.4. The van der Waals surface area contributed by atoms with Crippen molar-refractivity contribution in [2.24, 2.45) is 0 Å². The molecule has 8 heteroatoms. The number of carbonyl (C=O) groups excluding carboxylic acids is 1. The van der Waals surface area contributed by atoms with Gasteiger partial charge in [-0.2, -0.15) is 0 Å². The lowest BCUT2D eigenvalue weighted by atomic mass is 10.2. The van der Waals surface area contributed by atoms with Crippen molar-refractivity contribution < 1.29 is 17.9 Å². The Balaban J connectivity index is 1.94. The van der Waals surface area contributed by atoms with E-state index in [1.807, 2.05) is 31.2 Å². The third-order valence-electron chi connectivity index (χ3n) is 3.25. The Bertz CT molecular complexity index is 869. The molecule has 0 radical (unpaired) electrons. The van der Waals surface area contributed by atoms with Crippen LogP contribution in [-0.4, -0.2) is 33.7 Å². The molecule has 2 aromatic rings.